The number of anilines is 1. The molecule has 41 heavy (non-hydrogen) atoms. The molecule has 0 aromatic carbocycles. The number of carbonyl (C=O) groups is 2. The number of ether oxygens (including phenoxy) is 3. The fourth-order valence-corrected chi connectivity index (χ4v) is 5.44. The number of aliphatic hydroxyl groups is 1. The zero-order valence-corrected chi connectivity index (χ0v) is 23.7. The van der Waals surface area contributed by atoms with Crippen LogP contribution in [-0.4, -0.2) is 93.4 Å². The van der Waals surface area contributed by atoms with Gasteiger partial charge in [0, 0.05) is 6.04 Å². The number of nitrogens with one attached hydrogen (secondary N) is 3. The van der Waals surface area contributed by atoms with Crippen molar-refractivity contribution in [2.45, 2.75) is 63.8 Å². The van der Waals surface area contributed by atoms with Crippen molar-refractivity contribution in [3.8, 4) is 12.3 Å². The first-order chi connectivity index (χ1) is 19.5. The van der Waals surface area contributed by atoms with Crippen molar-refractivity contribution in [2.75, 3.05) is 38.2 Å². The van der Waals surface area contributed by atoms with Crippen LogP contribution in [0.4, 0.5) is 10.2 Å². The molecule has 0 bridgehead atoms. The fourth-order valence-electron chi connectivity index (χ4n) is 4.12. The third-order valence-corrected chi connectivity index (χ3v) is 7.93. The van der Waals surface area contributed by atoms with E-state index in [4.69, 9.17) is 25.2 Å². The Morgan fingerprint density at radius 2 is 1.88 bits per heavy atom. The summed E-state index contributed by atoms with van der Waals surface area (Å²) in [5.74, 6) is 1.38. The molecule has 4 rings (SSSR count). The van der Waals surface area contributed by atoms with E-state index < -0.39 is 63.4 Å². The largest absolute Gasteiger partial charge is 0.465 e. The molecule has 0 spiro atoms. The summed E-state index contributed by atoms with van der Waals surface area (Å²) in [7, 11) is -4.16. The number of alkyl halides is 1. The van der Waals surface area contributed by atoms with Crippen LogP contribution in [0.3, 0.4) is 0 Å². The summed E-state index contributed by atoms with van der Waals surface area (Å²) in [4.78, 5) is 36.7. The van der Waals surface area contributed by atoms with Gasteiger partial charge in [0.25, 0.3) is 0 Å². The lowest BCUT2D eigenvalue weighted by atomic mass is 9.97. The number of hydrogen-bond acceptors (Lipinski definition) is 12. The lowest BCUT2D eigenvalue weighted by Crippen LogP contribution is -2.42. The average molecular weight is 598 g/mol. The SMILES string of the molecule is C#C[C@]1(F)C(O)[C@@H](COP(=O)(NCC(=O)OCC)NCC(=O)OCC)O[C@H]1n1cnc2c(NC3CC3)nc(C)nc21. The maximum Gasteiger partial charge on any atom is 0.341 e. The molecule has 0 amide bonds. The van der Waals surface area contributed by atoms with Crippen molar-refractivity contribution in [1.82, 2.24) is 29.7 Å². The van der Waals surface area contributed by atoms with Gasteiger partial charge in [-0.2, -0.15) is 0 Å². The molecule has 1 saturated heterocycles. The Hall–Kier alpha value is -3.19. The van der Waals surface area contributed by atoms with E-state index in [-0.39, 0.29) is 24.9 Å². The molecular formula is C24H33FN7O8P. The van der Waals surface area contributed by atoms with Crippen LogP contribution in [0.15, 0.2) is 6.33 Å². The third-order valence-electron chi connectivity index (χ3n) is 6.27. The first-order valence-corrected chi connectivity index (χ1v) is 14.7. The van der Waals surface area contributed by atoms with Crippen LogP contribution in [0.5, 0.6) is 0 Å². The molecule has 3 heterocycles. The number of nitrogens with zero attached hydrogens (tertiary/aromatic N) is 4. The Labute approximate surface area is 235 Å². The Kier molecular flexibility index (Phi) is 9.58. The molecule has 1 aliphatic heterocycles. The van der Waals surface area contributed by atoms with Crippen molar-refractivity contribution in [1.29, 1.82) is 0 Å². The Bertz CT molecular complexity index is 1340. The summed E-state index contributed by atoms with van der Waals surface area (Å²) in [6.07, 6.45) is 3.87. The van der Waals surface area contributed by atoms with E-state index in [1.54, 1.807) is 20.8 Å². The number of halogens is 1. The summed E-state index contributed by atoms with van der Waals surface area (Å²) >= 11 is 0. The van der Waals surface area contributed by atoms with E-state index in [0.29, 0.717) is 17.2 Å². The monoisotopic (exact) mass is 597 g/mol. The standard InChI is InChI=1S/C24H33FN7O8P/c1-5-24(25)20(35)16(12-39-41(36,27-10-17(33)37-6-2)28-11-18(34)38-7-3)40-23(24)32-13-26-19-21(31-15-8-9-15)29-14(4)30-22(19)32/h1,13,15-16,20,23,35H,6-12H2,2-4H3,(H2,27,28,36)(H,29,30,31)/t16-,20?,23-,24+/m1/s1. The molecule has 15 nitrogen and oxygen atoms in total. The molecule has 2 aliphatic rings. The molecule has 4 N–H and O–H groups in total. The highest BCUT2D eigenvalue weighted by Crippen LogP contribution is 2.45. The third kappa shape index (κ3) is 7.00. The van der Waals surface area contributed by atoms with Crippen LogP contribution in [-0.2, 0) is 32.9 Å². The minimum atomic E-state index is -4.16. The van der Waals surface area contributed by atoms with Crippen LogP contribution >= 0.6 is 7.67 Å². The number of rotatable bonds is 14. The first-order valence-electron chi connectivity index (χ1n) is 13.1. The van der Waals surface area contributed by atoms with Gasteiger partial charge in [-0.15, -0.1) is 6.42 Å². The fraction of sp³-hybridized carbons (Fsp3) is 0.625. The average Bonchev–Trinajstić information content (AvgIpc) is 3.60. The second-order valence-electron chi connectivity index (χ2n) is 9.37. The van der Waals surface area contributed by atoms with Crippen LogP contribution in [0, 0.1) is 19.3 Å². The van der Waals surface area contributed by atoms with Gasteiger partial charge < -0.3 is 29.2 Å². The Balaban J connectivity index is 1.54. The topological polar surface area (TPSA) is 188 Å². The molecule has 4 atom stereocenters. The second kappa shape index (κ2) is 12.8. The van der Waals surface area contributed by atoms with Gasteiger partial charge in [0.2, 0.25) is 5.67 Å². The lowest BCUT2D eigenvalue weighted by molar-refractivity contribution is -0.142. The zero-order chi connectivity index (χ0) is 29.8. The first kappa shape index (κ1) is 30.8. The smallest absolute Gasteiger partial charge is 0.341 e. The van der Waals surface area contributed by atoms with E-state index in [2.05, 4.69) is 30.4 Å². The number of aliphatic hydroxyl groups excluding tert-OH is 1. The quantitative estimate of drug-likeness (QED) is 0.136. The molecule has 1 unspecified atom stereocenters. The van der Waals surface area contributed by atoms with Gasteiger partial charge in [-0.1, -0.05) is 5.92 Å². The maximum absolute atomic E-state index is 16.2. The van der Waals surface area contributed by atoms with Gasteiger partial charge in [0.15, 0.2) is 23.2 Å². The highest BCUT2D eigenvalue weighted by atomic mass is 31.2. The molecule has 2 fully saturated rings. The van der Waals surface area contributed by atoms with E-state index in [0.717, 1.165) is 12.8 Å². The molecule has 0 radical (unpaired) electrons. The Morgan fingerprint density at radius 1 is 1.24 bits per heavy atom. The van der Waals surface area contributed by atoms with Crippen molar-refractivity contribution in [2.24, 2.45) is 0 Å². The van der Waals surface area contributed by atoms with Crippen LogP contribution in [0.1, 0.15) is 38.7 Å². The van der Waals surface area contributed by atoms with Crippen molar-refractivity contribution in [3.63, 3.8) is 0 Å². The minimum Gasteiger partial charge on any atom is -0.465 e. The number of terminal acetylenes is 1. The van der Waals surface area contributed by atoms with E-state index in [1.165, 1.54) is 10.9 Å². The predicted molar refractivity (Wildman–Crippen MR) is 142 cm³/mol. The molecular weight excluding hydrogens is 564 g/mol. The maximum atomic E-state index is 16.2. The number of carbonyl (C=O) groups excluding carboxylic acids is 2. The number of imidazole rings is 1. The molecule has 1 saturated carbocycles. The second-order valence-corrected chi connectivity index (χ2v) is 11.4. The number of hydrogen-bond donors (Lipinski definition) is 4. The van der Waals surface area contributed by atoms with Crippen molar-refractivity contribution in [3.05, 3.63) is 12.2 Å². The summed E-state index contributed by atoms with van der Waals surface area (Å²) in [5, 5.41) is 18.9. The van der Waals surface area contributed by atoms with Gasteiger partial charge in [0.05, 0.1) is 26.1 Å². The molecule has 224 valence electrons. The number of aryl methyl sites for hydroxylation is 1. The summed E-state index contributed by atoms with van der Waals surface area (Å²) in [6.45, 7) is 3.31. The number of aromatic nitrogens is 4. The van der Waals surface area contributed by atoms with Crippen LogP contribution < -0.4 is 15.5 Å². The van der Waals surface area contributed by atoms with Gasteiger partial charge in [0.1, 0.15) is 31.1 Å². The van der Waals surface area contributed by atoms with Crippen molar-refractivity contribution >= 4 is 36.6 Å². The summed E-state index contributed by atoms with van der Waals surface area (Å²) < 4.78 is 51.7. The Morgan fingerprint density at radius 3 is 2.44 bits per heavy atom. The summed E-state index contributed by atoms with van der Waals surface area (Å²) in [6, 6.07) is 0.264. The van der Waals surface area contributed by atoms with E-state index in [1.807, 2.05) is 5.92 Å². The molecule has 17 heteroatoms. The zero-order valence-electron chi connectivity index (χ0n) is 22.8. The van der Waals surface area contributed by atoms with E-state index in [9.17, 15) is 19.3 Å². The minimum absolute atomic E-state index is 0.0849. The van der Waals surface area contributed by atoms with E-state index >= 15 is 4.39 Å². The van der Waals surface area contributed by atoms with Crippen LogP contribution in [0.2, 0.25) is 0 Å². The molecule has 2 aromatic heterocycles. The van der Waals surface area contributed by atoms with Gasteiger partial charge in [-0.25, -0.2) is 29.5 Å². The van der Waals surface area contributed by atoms with Gasteiger partial charge in [-0.3, -0.25) is 18.7 Å². The van der Waals surface area contributed by atoms with Gasteiger partial charge in [-0.05, 0) is 33.6 Å². The highest BCUT2D eigenvalue weighted by molar-refractivity contribution is 7.54. The van der Waals surface area contributed by atoms with Crippen LogP contribution in [0.25, 0.3) is 11.2 Å². The highest BCUT2D eigenvalue weighted by Gasteiger charge is 2.58. The number of fused-ring (bicyclic) bond motifs is 1. The van der Waals surface area contributed by atoms with Gasteiger partial charge >= 0.3 is 19.6 Å². The molecule has 2 aromatic rings. The van der Waals surface area contributed by atoms with Crippen molar-refractivity contribution < 1.29 is 42.4 Å². The normalized spacial score (nSPS) is 24.2. The summed E-state index contributed by atoms with van der Waals surface area (Å²) in [5.41, 5.74) is -2.16. The molecule has 1 aliphatic carbocycles. The lowest BCUT2D eigenvalue weighted by Gasteiger charge is -2.24. The number of esters is 2. The predicted octanol–water partition coefficient (Wildman–Crippen LogP) is 0.739.